The van der Waals surface area contributed by atoms with Crippen LogP contribution in [0, 0.1) is 0 Å². The smallest absolute Gasteiger partial charge is 0.106 e. The van der Waals surface area contributed by atoms with Crippen LogP contribution in [0.5, 0.6) is 0 Å². The molecule has 5 heteroatoms. The number of nitrogens with zero attached hydrogens (tertiary/aromatic N) is 3. The SMILES string of the molecule is CC1CN2CCCCC2CN1c1cnccc1C(N)=S. The number of rotatable bonds is 2. The van der Waals surface area contributed by atoms with E-state index in [1.165, 1.54) is 25.8 Å². The van der Waals surface area contributed by atoms with Crippen molar-refractivity contribution >= 4 is 22.9 Å². The van der Waals surface area contributed by atoms with Gasteiger partial charge < -0.3 is 10.6 Å². The minimum absolute atomic E-state index is 0.459. The minimum atomic E-state index is 0.459. The summed E-state index contributed by atoms with van der Waals surface area (Å²) < 4.78 is 0. The lowest BCUT2D eigenvalue weighted by Gasteiger charge is -2.48. The highest BCUT2D eigenvalue weighted by molar-refractivity contribution is 7.80. The summed E-state index contributed by atoms with van der Waals surface area (Å²) in [5.41, 5.74) is 7.91. The molecular weight excluding hydrogens is 268 g/mol. The number of pyridine rings is 1. The second-order valence-electron chi connectivity index (χ2n) is 5.90. The molecule has 2 unspecified atom stereocenters. The molecule has 0 aliphatic carbocycles. The Labute approximate surface area is 126 Å². The van der Waals surface area contributed by atoms with Gasteiger partial charge in [0.25, 0.3) is 0 Å². The fourth-order valence-electron chi connectivity index (χ4n) is 3.51. The van der Waals surface area contributed by atoms with Gasteiger partial charge in [0.05, 0.1) is 11.9 Å². The van der Waals surface area contributed by atoms with Gasteiger partial charge in [0.1, 0.15) is 4.99 Å². The third-order valence-corrected chi connectivity index (χ3v) is 4.78. The van der Waals surface area contributed by atoms with E-state index in [0.717, 1.165) is 24.3 Å². The van der Waals surface area contributed by atoms with E-state index in [2.05, 4.69) is 21.7 Å². The van der Waals surface area contributed by atoms with Gasteiger partial charge in [0.2, 0.25) is 0 Å². The van der Waals surface area contributed by atoms with Crippen LogP contribution in [0.15, 0.2) is 18.5 Å². The van der Waals surface area contributed by atoms with E-state index in [1.54, 1.807) is 6.20 Å². The van der Waals surface area contributed by atoms with Crippen LogP contribution in [0.1, 0.15) is 31.7 Å². The molecule has 20 heavy (non-hydrogen) atoms. The van der Waals surface area contributed by atoms with Crippen molar-refractivity contribution in [2.24, 2.45) is 5.73 Å². The molecule has 3 rings (SSSR count). The molecule has 2 atom stereocenters. The summed E-state index contributed by atoms with van der Waals surface area (Å²) in [5, 5.41) is 0. The van der Waals surface area contributed by atoms with Crippen LogP contribution < -0.4 is 10.6 Å². The molecule has 1 aromatic rings. The maximum atomic E-state index is 5.87. The van der Waals surface area contributed by atoms with Crippen LogP contribution in [0.2, 0.25) is 0 Å². The van der Waals surface area contributed by atoms with Crippen LogP contribution >= 0.6 is 12.2 Å². The molecule has 0 radical (unpaired) electrons. The van der Waals surface area contributed by atoms with Crippen molar-refractivity contribution in [3.05, 3.63) is 24.0 Å². The molecule has 2 saturated heterocycles. The van der Waals surface area contributed by atoms with Crippen molar-refractivity contribution in [1.82, 2.24) is 9.88 Å². The van der Waals surface area contributed by atoms with Crippen LogP contribution in [-0.2, 0) is 0 Å². The molecule has 2 aliphatic heterocycles. The number of thiocarbonyl (C=S) groups is 1. The van der Waals surface area contributed by atoms with Gasteiger partial charge in [-0.3, -0.25) is 9.88 Å². The number of hydrogen-bond acceptors (Lipinski definition) is 4. The third kappa shape index (κ3) is 2.52. The van der Waals surface area contributed by atoms with E-state index in [9.17, 15) is 0 Å². The van der Waals surface area contributed by atoms with E-state index in [4.69, 9.17) is 18.0 Å². The zero-order valence-electron chi connectivity index (χ0n) is 12.0. The largest absolute Gasteiger partial charge is 0.389 e. The Hall–Kier alpha value is -1.20. The number of fused-ring (bicyclic) bond motifs is 1. The summed E-state index contributed by atoms with van der Waals surface area (Å²) >= 11 is 5.19. The van der Waals surface area contributed by atoms with Crippen molar-refractivity contribution in [3.8, 4) is 0 Å². The first-order valence-corrected chi connectivity index (χ1v) is 7.82. The average Bonchev–Trinajstić information content (AvgIpc) is 2.46. The molecule has 1 aromatic heterocycles. The van der Waals surface area contributed by atoms with Crippen LogP contribution in [-0.4, -0.2) is 46.6 Å². The Kier molecular flexibility index (Phi) is 3.89. The lowest BCUT2D eigenvalue weighted by molar-refractivity contribution is 0.115. The summed E-state index contributed by atoms with van der Waals surface area (Å²) in [6.07, 6.45) is 7.65. The van der Waals surface area contributed by atoms with E-state index in [-0.39, 0.29) is 0 Å². The molecular formula is C15H22N4S. The fraction of sp³-hybridized carbons (Fsp3) is 0.600. The fourth-order valence-corrected chi connectivity index (χ4v) is 3.68. The average molecular weight is 290 g/mol. The quantitative estimate of drug-likeness (QED) is 0.841. The van der Waals surface area contributed by atoms with Crippen molar-refractivity contribution in [2.75, 3.05) is 24.5 Å². The lowest BCUT2D eigenvalue weighted by atomic mass is 9.96. The topological polar surface area (TPSA) is 45.4 Å². The molecule has 0 spiro atoms. The van der Waals surface area contributed by atoms with E-state index >= 15 is 0 Å². The summed E-state index contributed by atoms with van der Waals surface area (Å²) in [6, 6.07) is 3.07. The van der Waals surface area contributed by atoms with Gasteiger partial charge in [0, 0.05) is 36.9 Å². The van der Waals surface area contributed by atoms with E-state index in [0.29, 0.717) is 17.1 Å². The van der Waals surface area contributed by atoms with Gasteiger partial charge in [0.15, 0.2) is 0 Å². The number of anilines is 1. The Morgan fingerprint density at radius 1 is 1.40 bits per heavy atom. The van der Waals surface area contributed by atoms with Crippen molar-refractivity contribution < 1.29 is 0 Å². The second kappa shape index (κ2) is 5.66. The molecule has 0 saturated carbocycles. The highest BCUT2D eigenvalue weighted by Crippen LogP contribution is 2.29. The van der Waals surface area contributed by atoms with Gasteiger partial charge in [-0.1, -0.05) is 18.6 Å². The van der Waals surface area contributed by atoms with Crippen LogP contribution in [0.3, 0.4) is 0 Å². The number of hydrogen-bond donors (Lipinski definition) is 1. The molecule has 2 fully saturated rings. The van der Waals surface area contributed by atoms with Gasteiger partial charge >= 0.3 is 0 Å². The van der Waals surface area contributed by atoms with Gasteiger partial charge in [-0.25, -0.2) is 0 Å². The first kappa shape index (κ1) is 13.8. The predicted molar refractivity (Wildman–Crippen MR) is 86.1 cm³/mol. The number of piperazine rings is 1. The van der Waals surface area contributed by atoms with Gasteiger partial charge in [-0.15, -0.1) is 0 Å². The summed E-state index contributed by atoms with van der Waals surface area (Å²) in [7, 11) is 0. The monoisotopic (exact) mass is 290 g/mol. The van der Waals surface area contributed by atoms with Crippen molar-refractivity contribution in [2.45, 2.75) is 38.3 Å². The van der Waals surface area contributed by atoms with E-state index < -0.39 is 0 Å². The Morgan fingerprint density at radius 2 is 2.25 bits per heavy atom. The van der Waals surface area contributed by atoms with Gasteiger partial charge in [-0.2, -0.15) is 0 Å². The summed E-state index contributed by atoms with van der Waals surface area (Å²) in [5.74, 6) is 0. The number of aromatic nitrogens is 1. The third-order valence-electron chi connectivity index (χ3n) is 4.56. The molecule has 3 heterocycles. The zero-order chi connectivity index (χ0) is 14.1. The van der Waals surface area contributed by atoms with Crippen molar-refractivity contribution in [1.29, 1.82) is 0 Å². The maximum absolute atomic E-state index is 5.87. The molecule has 2 aliphatic rings. The summed E-state index contributed by atoms with van der Waals surface area (Å²) in [6.45, 7) is 5.71. The molecule has 4 nitrogen and oxygen atoms in total. The standard InChI is InChI=1S/C15H22N4S/c1-11-9-18-7-3-2-4-12(18)10-19(11)14-8-17-6-5-13(14)15(16)20/h5-6,8,11-12H,2-4,7,9-10H2,1H3,(H2,16,20). The molecule has 0 aromatic carbocycles. The normalized spacial score (nSPS) is 27.1. The zero-order valence-corrected chi connectivity index (χ0v) is 12.8. The highest BCUT2D eigenvalue weighted by Gasteiger charge is 2.33. The molecule has 2 N–H and O–H groups in total. The lowest BCUT2D eigenvalue weighted by Crippen LogP contribution is -2.59. The van der Waals surface area contributed by atoms with Crippen LogP contribution in [0.25, 0.3) is 0 Å². The Morgan fingerprint density at radius 3 is 3.05 bits per heavy atom. The number of piperidine rings is 1. The second-order valence-corrected chi connectivity index (χ2v) is 6.34. The van der Waals surface area contributed by atoms with Crippen LogP contribution in [0.4, 0.5) is 5.69 Å². The molecule has 108 valence electrons. The molecule has 0 amide bonds. The summed E-state index contributed by atoms with van der Waals surface area (Å²) in [4.78, 5) is 9.81. The first-order chi connectivity index (χ1) is 9.66. The number of nitrogens with two attached hydrogens (primary N) is 1. The molecule has 0 bridgehead atoms. The van der Waals surface area contributed by atoms with E-state index in [1.807, 2.05) is 12.3 Å². The predicted octanol–water partition coefficient (Wildman–Crippen LogP) is 1.78. The Balaban J connectivity index is 1.88. The van der Waals surface area contributed by atoms with Gasteiger partial charge in [-0.05, 0) is 32.4 Å². The highest BCUT2D eigenvalue weighted by atomic mass is 32.1. The minimum Gasteiger partial charge on any atom is -0.389 e. The van der Waals surface area contributed by atoms with Crippen molar-refractivity contribution in [3.63, 3.8) is 0 Å². The maximum Gasteiger partial charge on any atom is 0.106 e. The Bertz CT molecular complexity index is 504. The first-order valence-electron chi connectivity index (χ1n) is 7.41.